The van der Waals surface area contributed by atoms with E-state index in [-0.39, 0.29) is 5.91 Å². The van der Waals surface area contributed by atoms with E-state index in [0.717, 1.165) is 23.9 Å². The Morgan fingerprint density at radius 3 is 3.04 bits per heavy atom. The van der Waals surface area contributed by atoms with E-state index in [1.54, 1.807) is 23.2 Å². The lowest BCUT2D eigenvalue weighted by Gasteiger charge is -2.20. The first-order chi connectivity index (χ1) is 13.7. The molecule has 0 aromatic carbocycles. The molecule has 1 aliphatic heterocycles. The number of pyridine rings is 2. The van der Waals surface area contributed by atoms with Crippen LogP contribution >= 0.6 is 11.6 Å². The Hall–Kier alpha value is -2.93. The van der Waals surface area contributed by atoms with Crippen molar-refractivity contribution in [1.29, 1.82) is 0 Å². The maximum atomic E-state index is 12.9. The summed E-state index contributed by atoms with van der Waals surface area (Å²) >= 11 is 6.10. The minimum absolute atomic E-state index is 0.0759. The summed E-state index contributed by atoms with van der Waals surface area (Å²) in [6, 6.07) is 5.37. The zero-order chi connectivity index (χ0) is 19.5. The molecule has 0 spiro atoms. The molecule has 1 amide bonds. The Bertz CT molecular complexity index is 1050. The number of carbonyl (C=O) groups is 1. The maximum Gasteiger partial charge on any atom is 0.272 e. The van der Waals surface area contributed by atoms with Gasteiger partial charge in [-0.05, 0) is 50.1 Å². The largest absolute Gasteiger partial charge is 0.477 e. The van der Waals surface area contributed by atoms with Gasteiger partial charge in [-0.2, -0.15) is 5.10 Å². The average molecular weight is 398 g/mol. The molecular weight excluding hydrogens is 378 g/mol. The molecule has 8 heteroatoms. The number of rotatable bonds is 1. The van der Waals surface area contributed by atoms with Gasteiger partial charge in [0, 0.05) is 24.8 Å². The van der Waals surface area contributed by atoms with Crippen molar-refractivity contribution in [3.8, 4) is 5.88 Å². The minimum atomic E-state index is -0.0759. The van der Waals surface area contributed by atoms with Crippen molar-refractivity contribution in [2.75, 3.05) is 19.7 Å². The zero-order valence-electron chi connectivity index (χ0n) is 15.5. The molecule has 28 heavy (non-hydrogen) atoms. The van der Waals surface area contributed by atoms with Gasteiger partial charge in [-0.25, -0.2) is 9.97 Å². The van der Waals surface area contributed by atoms with Crippen LogP contribution < -0.4 is 4.74 Å². The van der Waals surface area contributed by atoms with Crippen molar-refractivity contribution >= 4 is 40.7 Å². The third kappa shape index (κ3) is 3.71. The molecule has 0 unspecified atom stereocenters. The van der Waals surface area contributed by atoms with Gasteiger partial charge in [0.1, 0.15) is 16.9 Å². The lowest BCUT2D eigenvalue weighted by atomic mass is 10.2. The van der Waals surface area contributed by atoms with Crippen LogP contribution in [-0.2, 0) is 0 Å². The molecule has 2 bridgehead atoms. The summed E-state index contributed by atoms with van der Waals surface area (Å²) in [5.74, 6) is 0.445. The molecule has 4 rings (SSSR count). The van der Waals surface area contributed by atoms with Gasteiger partial charge in [0.15, 0.2) is 0 Å². The summed E-state index contributed by atoms with van der Waals surface area (Å²) in [5.41, 5.74) is 3.23. The van der Waals surface area contributed by atoms with Crippen LogP contribution in [0, 0.1) is 0 Å². The third-order valence-electron chi connectivity index (χ3n) is 4.65. The Morgan fingerprint density at radius 2 is 2.18 bits per heavy atom. The summed E-state index contributed by atoms with van der Waals surface area (Å²) in [4.78, 5) is 23.5. The summed E-state index contributed by atoms with van der Waals surface area (Å²) in [5, 5.41) is 7.79. The Morgan fingerprint density at radius 1 is 1.29 bits per heavy atom. The molecule has 3 aromatic rings. The molecular formula is C20H20ClN5O2. The lowest BCUT2D eigenvalue weighted by Crippen LogP contribution is -2.32. The van der Waals surface area contributed by atoms with E-state index in [1.807, 2.05) is 25.1 Å². The first-order valence-electron chi connectivity index (χ1n) is 9.26. The van der Waals surface area contributed by atoms with Crippen molar-refractivity contribution in [3.63, 3.8) is 0 Å². The van der Waals surface area contributed by atoms with Crippen LogP contribution in [0.4, 0.5) is 0 Å². The molecule has 0 atom stereocenters. The molecule has 3 aromatic heterocycles. The van der Waals surface area contributed by atoms with E-state index in [0.29, 0.717) is 47.5 Å². The third-order valence-corrected chi connectivity index (χ3v) is 4.86. The number of aromatic amines is 1. The van der Waals surface area contributed by atoms with Crippen molar-refractivity contribution in [2.45, 2.75) is 19.8 Å². The normalized spacial score (nSPS) is 16.4. The summed E-state index contributed by atoms with van der Waals surface area (Å²) in [6.45, 7) is 3.76. The van der Waals surface area contributed by atoms with Crippen molar-refractivity contribution < 1.29 is 9.53 Å². The molecule has 7 nitrogen and oxygen atoms in total. The number of hydrogen-bond donors (Lipinski definition) is 1. The van der Waals surface area contributed by atoms with Crippen LogP contribution in [-0.4, -0.2) is 50.7 Å². The second kappa shape index (κ2) is 7.98. The first kappa shape index (κ1) is 18.4. The molecule has 1 N–H and O–H groups in total. The van der Waals surface area contributed by atoms with Gasteiger partial charge in [0.25, 0.3) is 5.91 Å². The molecule has 1 aliphatic rings. The van der Waals surface area contributed by atoms with Gasteiger partial charge in [0.2, 0.25) is 5.88 Å². The average Bonchev–Trinajstić information content (AvgIpc) is 3.11. The maximum absolute atomic E-state index is 12.9. The van der Waals surface area contributed by atoms with E-state index in [2.05, 4.69) is 20.2 Å². The van der Waals surface area contributed by atoms with Crippen LogP contribution in [0.5, 0.6) is 5.88 Å². The Balaban J connectivity index is 1.80. The van der Waals surface area contributed by atoms with Gasteiger partial charge < -0.3 is 9.64 Å². The van der Waals surface area contributed by atoms with Crippen LogP contribution in [0.1, 0.15) is 41.5 Å². The molecule has 0 aliphatic carbocycles. The van der Waals surface area contributed by atoms with Gasteiger partial charge in [-0.3, -0.25) is 9.89 Å². The predicted molar refractivity (Wildman–Crippen MR) is 108 cm³/mol. The number of halogens is 1. The zero-order valence-corrected chi connectivity index (χ0v) is 16.2. The second-order valence-electron chi connectivity index (χ2n) is 6.52. The molecule has 4 heterocycles. The number of fused-ring (bicyclic) bond motifs is 2. The number of nitrogens with zero attached hydrogens (tertiary/aromatic N) is 4. The fraction of sp³-hybridized carbons (Fsp3) is 0.300. The summed E-state index contributed by atoms with van der Waals surface area (Å²) in [7, 11) is 0. The predicted octanol–water partition coefficient (Wildman–Crippen LogP) is 3.81. The Labute approximate surface area is 167 Å². The number of H-pyrrole nitrogens is 1. The number of ether oxygens (including phenoxy) is 1. The minimum Gasteiger partial charge on any atom is -0.477 e. The topological polar surface area (TPSA) is 84.0 Å². The molecule has 144 valence electrons. The fourth-order valence-corrected chi connectivity index (χ4v) is 3.31. The lowest BCUT2D eigenvalue weighted by molar-refractivity contribution is 0.0754. The highest BCUT2D eigenvalue weighted by Gasteiger charge is 2.17. The van der Waals surface area contributed by atoms with Crippen LogP contribution in [0.3, 0.4) is 0 Å². The van der Waals surface area contributed by atoms with Gasteiger partial charge in [-0.1, -0.05) is 11.6 Å². The monoisotopic (exact) mass is 397 g/mol. The standard InChI is InChI=1S/C20H20ClN5O2/c1-2-26-9-3-4-10-28-19-13(11-14(21)12-22-19)5-6-15-18-16(25-24-15)7-8-17(23-18)20(26)27/h5-8,11-12H,2-4,9-10H2,1H3,(H,24,25)/b6-5+. The van der Waals surface area contributed by atoms with Gasteiger partial charge in [-0.15, -0.1) is 0 Å². The second-order valence-corrected chi connectivity index (χ2v) is 6.96. The number of carbonyl (C=O) groups excluding carboxylic acids is 1. The quantitative estimate of drug-likeness (QED) is 0.675. The highest BCUT2D eigenvalue weighted by molar-refractivity contribution is 6.30. The van der Waals surface area contributed by atoms with E-state index < -0.39 is 0 Å². The van der Waals surface area contributed by atoms with E-state index >= 15 is 0 Å². The van der Waals surface area contributed by atoms with Crippen molar-refractivity contribution in [3.05, 3.63) is 46.4 Å². The number of amides is 1. The SMILES string of the molecule is CCN1CCCCOc2ncc(Cl)cc2/C=C/c2n[nH]c3ccc(nc23)C1=O. The molecule has 0 saturated heterocycles. The van der Waals surface area contributed by atoms with Crippen molar-refractivity contribution in [2.24, 2.45) is 0 Å². The van der Waals surface area contributed by atoms with Gasteiger partial charge in [0.05, 0.1) is 17.1 Å². The van der Waals surface area contributed by atoms with Crippen LogP contribution in [0.15, 0.2) is 24.4 Å². The smallest absolute Gasteiger partial charge is 0.272 e. The Kier molecular flexibility index (Phi) is 5.25. The van der Waals surface area contributed by atoms with Crippen molar-refractivity contribution in [1.82, 2.24) is 25.1 Å². The number of nitrogens with one attached hydrogen (secondary N) is 1. The van der Waals surface area contributed by atoms with E-state index in [4.69, 9.17) is 16.3 Å². The molecule has 0 radical (unpaired) electrons. The molecule has 0 fully saturated rings. The fourth-order valence-electron chi connectivity index (χ4n) is 3.14. The van der Waals surface area contributed by atoms with Gasteiger partial charge >= 0.3 is 0 Å². The van der Waals surface area contributed by atoms with E-state index in [9.17, 15) is 4.79 Å². The first-order valence-corrected chi connectivity index (χ1v) is 9.64. The summed E-state index contributed by atoms with van der Waals surface area (Å²) < 4.78 is 5.85. The summed E-state index contributed by atoms with van der Waals surface area (Å²) in [6.07, 6.45) is 6.87. The number of hydrogen-bond acceptors (Lipinski definition) is 5. The van der Waals surface area contributed by atoms with E-state index in [1.165, 1.54) is 0 Å². The highest BCUT2D eigenvalue weighted by atomic mass is 35.5. The highest BCUT2D eigenvalue weighted by Crippen LogP contribution is 2.24. The van der Waals surface area contributed by atoms with Crippen LogP contribution in [0.25, 0.3) is 23.2 Å². The number of aromatic nitrogens is 4. The van der Waals surface area contributed by atoms with Crippen LogP contribution in [0.2, 0.25) is 5.02 Å². The molecule has 0 saturated carbocycles.